The van der Waals surface area contributed by atoms with Crippen LogP contribution < -0.4 is 0 Å². The van der Waals surface area contributed by atoms with Crippen molar-refractivity contribution in [3.63, 3.8) is 0 Å². The molecule has 50 heavy (non-hydrogen) atoms. The summed E-state index contributed by atoms with van der Waals surface area (Å²) in [5.74, 6) is 1.87. The van der Waals surface area contributed by atoms with Gasteiger partial charge in [-0.05, 0) is 58.7 Å². The molecule has 5 heteroatoms. The maximum Gasteiger partial charge on any atom is 0.164 e. The van der Waals surface area contributed by atoms with Crippen LogP contribution in [0.1, 0.15) is 0 Å². The monoisotopic (exact) mass is 657 g/mol. The first-order chi connectivity index (χ1) is 24.7. The number of fused-ring (bicyclic) bond motifs is 6. The number of thiophene rings is 1. The second-order valence-corrected chi connectivity index (χ2v) is 13.5. The number of para-hydroxylation sites is 1. The summed E-state index contributed by atoms with van der Waals surface area (Å²) < 4.78 is 8.67. The predicted octanol–water partition coefficient (Wildman–Crippen LogP) is 12.5. The molecule has 0 N–H and O–H groups in total. The van der Waals surface area contributed by atoms with Crippen molar-refractivity contribution in [1.29, 1.82) is 0 Å². The molecule has 0 bridgehead atoms. The van der Waals surface area contributed by atoms with E-state index in [1.807, 2.05) is 60.7 Å². The largest absolute Gasteiger partial charge is 0.456 e. The van der Waals surface area contributed by atoms with Crippen molar-refractivity contribution >= 4 is 53.4 Å². The molecule has 3 heterocycles. The number of hydrogen-bond donors (Lipinski definition) is 0. The van der Waals surface area contributed by atoms with Crippen LogP contribution in [0.15, 0.2) is 168 Å². The number of benzene rings is 7. The number of aromatic nitrogens is 3. The van der Waals surface area contributed by atoms with E-state index in [9.17, 15) is 0 Å². The van der Waals surface area contributed by atoms with Crippen molar-refractivity contribution in [3.8, 4) is 56.4 Å². The lowest BCUT2D eigenvalue weighted by Gasteiger charge is -2.10. The first-order valence-electron chi connectivity index (χ1n) is 16.6. The van der Waals surface area contributed by atoms with Crippen LogP contribution >= 0.6 is 11.3 Å². The Bertz CT molecular complexity index is 2860. The Balaban J connectivity index is 1.13. The molecule has 0 saturated carbocycles. The number of furan rings is 1. The molecule has 0 aliphatic heterocycles. The molecule has 0 aliphatic rings. The van der Waals surface area contributed by atoms with Gasteiger partial charge >= 0.3 is 0 Å². The van der Waals surface area contributed by atoms with Gasteiger partial charge in [0, 0.05) is 47.6 Å². The maximum atomic E-state index is 6.25. The van der Waals surface area contributed by atoms with E-state index in [2.05, 4.69) is 103 Å². The third-order valence-electron chi connectivity index (χ3n) is 9.37. The number of nitrogens with zero attached hydrogens (tertiary/aromatic N) is 3. The summed E-state index contributed by atoms with van der Waals surface area (Å²) in [6.45, 7) is 0. The molecule has 7 aromatic carbocycles. The van der Waals surface area contributed by atoms with Gasteiger partial charge in [-0.15, -0.1) is 11.3 Å². The van der Waals surface area contributed by atoms with Gasteiger partial charge in [0.15, 0.2) is 17.5 Å². The quantitative estimate of drug-likeness (QED) is 0.185. The highest BCUT2D eigenvalue weighted by molar-refractivity contribution is 7.26. The molecule has 10 rings (SSSR count). The van der Waals surface area contributed by atoms with Crippen LogP contribution in [0.2, 0.25) is 0 Å². The molecular weight excluding hydrogens is 631 g/mol. The van der Waals surface area contributed by atoms with Crippen molar-refractivity contribution < 1.29 is 4.42 Å². The molecule has 0 amide bonds. The Morgan fingerprint density at radius 1 is 0.360 bits per heavy atom. The molecule has 0 spiro atoms. The van der Waals surface area contributed by atoms with Crippen molar-refractivity contribution in [1.82, 2.24) is 15.0 Å². The lowest BCUT2D eigenvalue weighted by molar-refractivity contribution is 0.669. The number of rotatable bonds is 5. The standard InChI is InChI=1S/C45H27N3OS/c1-3-10-28(11-4-1)29-18-20-30(21-19-29)32-23-25-40-37(26-32)42-36(15-9-17-41(42)50-40)45-47-43(31-12-5-2-6-13-31)46-44(48-45)33-22-24-35-34-14-7-8-16-38(34)49-39(35)27-33/h1-27H. The maximum absolute atomic E-state index is 6.25. The Morgan fingerprint density at radius 2 is 0.960 bits per heavy atom. The zero-order chi connectivity index (χ0) is 33.0. The topological polar surface area (TPSA) is 51.8 Å². The van der Waals surface area contributed by atoms with Gasteiger partial charge in [-0.25, -0.2) is 15.0 Å². The van der Waals surface area contributed by atoms with Gasteiger partial charge < -0.3 is 4.42 Å². The SMILES string of the molecule is c1ccc(-c2ccc(-c3ccc4sc5cccc(-c6nc(-c7ccccc7)nc(-c7ccc8c(c7)oc7ccccc78)n6)c5c4c3)cc2)cc1. The van der Waals surface area contributed by atoms with Crippen molar-refractivity contribution in [2.45, 2.75) is 0 Å². The first-order valence-corrected chi connectivity index (χ1v) is 17.4. The minimum absolute atomic E-state index is 0.604. The summed E-state index contributed by atoms with van der Waals surface area (Å²) in [6.07, 6.45) is 0. The third kappa shape index (κ3) is 4.87. The van der Waals surface area contributed by atoms with E-state index in [1.165, 1.54) is 37.0 Å². The van der Waals surface area contributed by atoms with Crippen LogP contribution in [0, 0.1) is 0 Å². The summed E-state index contributed by atoms with van der Waals surface area (Å²) in [4.78, 5) is 15.3. The highest BCUT2D eigenvalue weighted by Crippen LogP contribution is 2.42. The Kier molecular flexibility index (Phi) is 6.64. The van der Waals surface area contributed by atoms with Crippen LogP contribution in [-0.4, -0.2) is 15.0 Å². The summed E-state index contributed by atoms with van der Waals surface area (Å²) in [5, 5.41) is 4.51. The van der Waals surface area contributed by atoms with Crippen LogP contribution in [-0.2, 0) is 0 Å². The zero-order valence-electron chi connectivity index (χ0n) is 26.7. The van der Waals surface area contributed by atoms with Gasteiger partial charge in [0.1, 0.15) is 11.2 Å². The Morgan fingerprint density at radius 3 is 1.76 bits per heavy atom. The molecule has 10 aromatic rings. The van der Waals surface area contributed by atoms with Crippen LogP contribution in [0.4, 0.5) is 0 Å². The minimum Gasteiger partial charge on any atom is -0.456 e. The molecule has 0 saturated heterocycles. The van der Waals surface area contributed by atoms with Gasteiger partial charge in [-0.1, -0.05) is 127 Å². The second kappa shape index (κ2) is 11.6. The molecule has 0 atom stereocenters. The molecule has 4 nitrogen and oxygen atoms in total. The summed E-state index contributed by atoms with van der Waals surface area (Å²) in [5.41, 5.74) is 9.24. The van der Waals surface area contributed by atoms with Gasteiger partial charge in [0.2, 0.25) is 0 Å². The molecule has 0 unspecified atom stereocenters. The highest BCUT2D eigenvalue weighted by atomic mass is 32.1. The van der Waals surface area contributed by atoms with Crippen molar-refractivity contribution in [2.24, 2.45) is 0 Å². The van der Waals surface area contributed by atoms with Crippen LogP contribution in [0.25, 0.3) is 98.5 Å². The highest BCUT2D eigenvalue weighted by Gasteiger charge is 2.18. The lowest BCUT2D eigenvalue weighted by Crippen LogP contribution is -2.00. The van der Waals surface area contributed by atoms with Crippen LogP contribution in [0.5, 0.6) is 0 Å². The van der Waals surface area contributed by atoms with E-state index >= 15 is 0 Å². The fourth-order valence-corrected chi connectivity index (χ4v) is 8.00. The van der Waals surface area contributed by atoms with E-state index in [0.29, 0.717) is 17.5 Å². The predicted molar refractivity (Wildman–Crippen MR) is 207 cm³/mol. The van der Waals surface area contributed by atoms with Gasteiger partial charge in [-0.3, -0.25) is 0 Å². The van der Waals surface area contributed by atoms with E-state index in [0.717, 1.165) is 44.0 Å². The fraction of sp³-hybridized carbons (Fsp3) is 0. The Labute approximate surface area is 292 Å². The summed E-state index contributed by atoms with van der Waals surface area (Å²) in [7, 11) is 0. The average molecular weight is 658 g/mol. The molecular formula is C45H27N3OS. The zero-order valence-corrected chi connectivity index (χ0v) is 27.6. The molecule has 0 fully saturated rings. The van der Waals surface area contributed by atoms with E-state index in [1.54, 1.807) is 11.3 Å². The van der Waals surface area contributed by atoms with E-state index in [4.69, 9.17) is 19.4 Å². The summed E-state index contributed by atoms with van der Waals surface area (Å²) in [6, 6.07) is 57.0. The van der Waals surface area contributed by atoms with Crippen molar-refractivity contribution in [2.75, 3.05) is 0 Å². The van der Waals surface area contributed by atoms with Gasteiger partial charge in [-0.2, -0.15) is 0 Å². The fourth-order valence-electron chi connectivity index (χ4n) is 6.89. The Hall–Kier alpha value is -6.43. The second-order valence-electron chi connectivity index (χ2n) is 12.4. The smallest absolute Gasteiger partial charge is 0.164 e. The average Bonchev–Trinajstić information content (AvgIpc) is 3.76. The number of hydrogen-bond acceptors (Lipinski definition) is 5. The van der Waals surface area contributed by atoms with Gasteiger partial charge in [0.05, 0.1) is 0 Å². The molecule has 234 valence electrons. The van der Waals surface area contributed by atoms with Crippen LogP contribution in [0.3, 0.4) is 0 Å². The molecule has 0 radical (unpaired) electrons. The molecule has 0 aliphatic carbocycles. The molecule has 3 aromatic heterocycles. The lowest BCUT2D eigenvalue weighted by atomic mass is 9.98. The van der Waals surface area contributed by atoms with E-state index < -0.39 is 0 Å². The summed E-state index contributed by atoms with van der Waals surface area (Å²) >= 11 is 1.80. The van der Waals surface area contributed by atoms with Crippen molar-refractivity contribution in [3.05, 3.63) is 164 Å². The minimum atomic E-state index is 0.604. The first kappa shape index (κ1) is 28.6. The van der Waals surface area contributed by atoms with E-state index in [-0.39, 0.29) is 0 Å². The third-order valence-corrected chi connectivity index (χ3v) is 10.5. The van der Waals surface area contributed by atoms with Gasteiger partial charge in [0.25, 0.3) is 0 Å². The normalized spacial score (nSPS) is 11.6.